The lowest BCUT2D eigenvalue weighted by atomic mass is 10.1. The molecule has 1 N–H and O–H groups in total. The van der Waals surface area contributed by atoms with Crippen molar-refractivity contribution in [2.24, 2.45) is 0 Å². The molecule has 10 heteroatoms. The van der Waals surface area contributed by atoms with Crippen LogP contribution in [-0.2, 0) is 11.2 Å². The fraction of sp³-hybridized carbons (Fsp3) is 0.105. The Balaban J connectivity index is 1.53. The molecule has 1 amide bonds. The van der Waals surface area contributed by atoms with E-state index in [0.717, 1.165) is 17.7 Å². The summed E-state index contributed by atoms with van der Waals surface area (Å²) >= 11 is 1.18. The van der Waals surface area contributed by atoms with Crippen LogP contribution in [0.4, 0.5) is 13.9 Å². The average Bonchev–Trinajstić information content (AvgIpc) is 3.41. The van der Waals surface area contributed by atoms with Gasteiger partial charge in [-0.3, -0.25) is 4.79 Å². The molecule has 0 bridgehead atoms. The number of hydrogen-bond acceptors (Lipinski definition) is 6. The standard InChI is InChI=1S/C19H14F2N6OS/c20-14-7-6-13(9-15(14)21)16-10-29-19(23-16)24-18(28)17(27-11-22-25-26-27)8-12-4-2-1-3-5-12/h1-7,9-11,17H,8H2,(H,23,24,28)/t17-/m0/s1. The zero-order valence-electron chi connectivity index (χ0n) is 14.9. The maximum absolute atomic E-state index is 13.5. The summed E-state index contributed by atoms with van der Waals surface area (Å²) in [5.74, 6) is -2.22. The van der Waals surface area contributed by atoms with E-state index in [1.54, 1.807) is 5.38 Å². The molecule has 4 rings (SSSR count). The summed E-state index contributed by atoms with van der Waals surface area (Å²) in [6.07, 6.45) is 1.76. The van der Waals surface area contributed by atoms with Crippen LogP contribution in [0.2, 0.25) is 0 Å². The molecule has 29 heavy (non-hydrogen) atoms. The number of tetrazole rings is 1. The smallest absolute Gasteiger partial charge is 0.251 e. The van der Waals surface area contributed by atoms with Crippen LogP contribution in [0, 0.1) is 11.6 Å². The third kappa shape index (κ3) is 4.32. The average molecular weight is 412 g/mol. The maximum atomic E-state index is 13.5. The van der Waals surface area contributed by atoms with Crippen molar-refractivity contribution >= 4 is 22.4 Å². The highest BCUT2D eigenvalue weighted by atomic mass is 32.1. The molecule has 0 saturated heterocycles. The SMILES string of the molecule is O=C(Nc1nc(-c2ccc(F)c(F)c2)cs1)[C@H](Cc1ccccc1)n1cnnn1. The first-order chi connectivity index (χ1) is 14.1. The highest BCUT2D eigenvalue weighted by Gasteiger charge is 2.23. The molecule has 4 aromatic rings. The van der Waals surface area contributed by atoms with Gasteiger partial charge >= 0.3 is 0 Å². The summed E-state index contributed by atoms with van der Waals surface area (Å²) in [5, 5.41) is 15.8. The van der Waals surface area contributed by atoms with Crippen LogP contribution >= 0.6 is 11.3 Å². The van der Waals surface area contributed by atoms with Crippen LogP contribution < -0.4 is 5.32 Å². The second-order valence-corrected chi connectivity index (χ2v) is 7.01. The van der Waals surface area contributed by atoms with Crippen molar-refractivity contribution in [3.05, 3.63) is 77.4 Å². The van der Waals surface area contributed by atoms with Gasteiger partial charge in [-0.1, -0.05) is 30.3 Å². The van der Waals surface area contributed by atoms with E-state index in [0.29, 0.717) is 22.8 Å². The molecular weight excluding hydrogens is 398 g/mol. The Morgan fingerprint density at radius 2 is 1.97 bits per heavy atom. The van der Waals surface area contributed by atoms with Gasteiger partial charge in [0.25, 0.3) is 5.91 Å². The minimum absolute atomic E-state index is 0.334. The number of aromatic nitrogens is 5. The number of nitrogens with zero attached hydrogens (tertiary/aromatic N) is 5. The largest absolute Gasteiger partial charge is 0.300 e. The second kappa shape index (κ2) is 8.23. The molecule has 0 radical (unpaired) electrons. The topological polar surface area (TPSA) is 85.6 Å². The highest BCUT2D eigenvalue weighted by Crippen LogP contribution is 2.27. The van der Waals surface area contributed by atoms with Crippen LogP contribution in [0.3, 0.4) is 0 Å². The fourth-order valence-corrected chi connectivity index (χ4v) is 3.49. The molecule has 0 aliphatic heterocycles. The summed E-state index contributed by atoms with van der Waals surface area (Å²) in [5.41, 5.74) is 1.80. The number of nitrogens with one attached hydrogen (secondary N) is 1. The van der Waals surface area contributed by atoms with E-state index in [1.165, 1.54) is 28.4 Å². The first-order valence-electron chi connectivity index (χ1n) is 8.58. The van der Waals surface area contributed by atoms with Crippen molar-refractivity contribution in [1.29, 1.82) is 0 Å². The van der Waals surface area contributed by atoms with Gasteiger partial charge in [0.15, 0.2) is 16.8 Å². The molecule has 146 valence electrons. The Morgan fingerprint density at radius 3 is 2.69 bits per heavy atom. The molecule has 1 atom stereocenters. The molecule has 0 spiro atoms. The molecule has 2 heterocycles. The summed E-state index contributed by atoms with van der Waals surface area (Å²) in [6.45, 7) is 0. The lowest BCUT2D eigenvalue weighted by Crippen LogP contribution is -2.28. The lowest BCUT2D eigenvalue weighted by molar-refractivity contribution is -0.119. The Bertz CT molecular complexity index is 1120. The monoisotopic (exact) mass is 412 g/mol. The molecule has 0 aliphatic rings. The molecular formula is C19H14F2N6OS. The first-order valence-corrected chi connectivity index (χ1v) is 9.46. The van der Waals surface area contributed by atoms with Gasteiger partial charge < -0.3 is 5.32 Å². The third-order valence-electron chi connectivity index (χ3n) is 4.21. The van der Waals surface area contributed by atoms with E-state index in [1.807, 2.05) is 30.3 Å². The van der Waals surface area contributed by atoms with Crippen molar-refractivity contribution in [3.8, 4) is 11.3 Å². The number of thiazole rings is 1. The van der Waals surface area contributed by atoms with Gasteiger partial charge in [0, 0.05) is 17.4 Å². The molecule has 0 unspecified atom stereocenters. The molecule has 0 saturated carbocycles. The van der Waals surface area contributed by atoms with Crippen molar-refractivity contribution in [2.45, 2.75) is 12.5 Å². The van der Waals surface area contributed by atoms with Crippen molar-refractivity contribution < 1.29 is 13.6 Å². The van der Waals surface area contributed by atoms with Crippen molar-refractivity contribution in [2.75, 3.05) is 5.32 Å². The van der Waals surface area contributed by atoms with Gasteiger partial charge in [0.05, 0.1) is 5.69 Å². The zero-order chi connectivity index (χ0) is 20.2. The quantitative estimate of drug-likeness (QED) is 0.524. The fourth-order valence-electron chi connectivity index (χ4n) is 2.76. The van der Waals surface area contributed by atoms with E-state index in [9.17, 15) is 13.6 Å². The second-order valence-electron chi connectivity index (χ2n) is 6.15. The minimum atomic E-state index is -0.956. The molecule has 2 aromatic carbocycles. The summed E-state index contributed by atoms with van der Waals surface area (Å²) in [4.78, 5) is 17.2. The van der Waals surface area contributed by atoms with Gasteiger partial charge in [-0.05, 0) is 34.2 Å². The van der Waals surface area contributed by atoms with E-state index in [2.05, 4.69) is 25.8 Å². The number of halogens is 2. The summed E-state index contributed by atoms with van der Waals surface area (Å²) in [7, 11) is 0. The van der Waals surface area contributed by atoms with Gasteiger partial charge in [-0.15, -0.1) is 16.4 Å². The normalized spacial score (nSPS) is 11.9. The van der Waals surface area contributed by atoms with Crippen LogP contribution in [0.1, 0.15) is 11.6 Å². The number of hydrogen-bond donors (Lipinski definition) is 1. The number of carbonyl (C=O) groups is 1. The maximum Gasteiger partial charge on any atom is 0.251 e. The number of amides is 1. The number of carbonyl (C=O) groups excluding carboxylic acids is 1. The summed E-state index contributed by atoms with van der Waals surface area (Å²) in [6, 6.07) is 12.3. The minimum Gasteiger partial charge on any atom is -0.300 e. The van der Waals surface area contributed by atoms with Crippen LogP contribution in [0.25, 0.3) is 11.3 Å². The van der Waals surface area contributed by atoms with Crippen LogP contribution in [-0.4, -0.2) is 31.1 Å². The first kappa shape index (κ1) is 18.8. The Morgan fingerprint density at radius 1 is 1.14 bits per heavy atom. The van der Waals surface area contributed by atoms with Gasteiger partial charge in [0.1, 0.15) is 12.4 Å². The number of benzene rings is 2. The Labute approximate surface area is 168 Å². The van der Waals surface area contributed by atoms with E-state index in [-0.39, 0.29) is 5.91 Å². The van der Waals surface area contributed by atoms with Crippen LogP contribution in [0.15, 0.2) is 60.2 Å². The molecule has 7 nitrogen and oxygen atoms in total. The summed E-state index contributed by atoms with van der Waals surface area (Å²) < 4.78 is 28.0. The van der Waals surface area contributed by atoms with E-state index < -0.39 is 17.7 Å². The third-order valence-corrected chi connectivity index (χ3v) is 4.97. The molecule has 0 aliphatic carbocycles. The predicted molar refractivity (Wildman–Crippen MR) is 103 cm³/mol. The van der Waals surface area contributed by atoms with Gasteiger partial charge in [0.2, 0.25) is 0 Å². The van der Waals surface area contributed by atoms with Crippen molar-refractivity contribution in [3.63, 3.8) is 0 Å². The predicted octanol–water partition coefficient (Wildman–Crippen LogP) is 3.50. The van der Waals surface area contributed by atoms with E-state index >= 15 is 0 Å². The number of anilines is 1. The van der Waals surface area contributed by atoms with Gasteiger partial charge in [-0.25, -0.2) is 18.4 Å². The van der Waals surface area contributed by atoms with Crippen molar-refractivity contribution in [1.82, 2.24) is 25.2 Å². The highest BCUT2D eigenvalue weighted by molar-refractivity contribution is 7.14. The lowest BCUT2D eigenvalue weighted by Gasteiger charge is -2.15. The van der Waals surface area contributed by atoms with Gasteiger partial charge in [-0.2, -0.15) is 0 Å². The molecule has 0 fully saturated rings. The Kier molecular flexibility index (Phi) is 5.34. The molecule has 2 aromatic heterocycles. The van der Waals surface area contributed by atoms with E-state index in [4.69, 9.17) is 0 Å². The zero-order valence-corrected chi connectivity index (χ0v) is 15.7. The Hall–Kier alpha value is -3.53. The van der Waals surface area contributed by atoms with Crippen LogP contribution in [0.5, 0.6) is 0 Å². The number of rotatable bonds is 6.